The molecule has 5 heterocycles. The van der Waals surface area contributed by atoms with Crippen LogP contribution in [0.1, 0.15) is 124 Å². The highest BCUT2D eigenvalue weighted by Gasteiger charge is 2.62. The number of Topliss-reactive ketones (excluding diaryl/α,β-unsaturated/α-hetero) is 3. The molecule has 11 rings (SSSR count). The van der Waals surface area contributed by atoms with E-state index in [-0.39, 0.29) is 98.5 Å². The smallest absolute Gasteiger partial charge is 0.241 e. The summed E-state index contributed by atoms with van der Waals surface area (Å²) in [7, 11) is 9.69. The molecule has 0 radical (unpaired) electrons. The molecule has 0 bridgehead atoms. The highest BCUT2D eigenvalue weighted by molar-refractivity contribution is 6.22. The van der Waals surface area contributed by atoms with Crippen molar-refractivity contribution in [3.8, 4) is 11.3 Å². The molecule has 0 N–H and O–H groups in total. The number of amides is 2. The standard InChI is InChI=1S/C21H24N4O3.C20H24N5O.C18H23N3O/c1-11-13-8-7-12-17(21(13,4)9-14(22-5)16(11)27)23-24(6)18(12)25-15(26)10-20(2,3)19(25)28;1-12-15-8-7-14-17(13-10-23(4)24(5)11-13)25(6)22-19(14)20(15,2)9-16(21-3)18(12)26;1-11-17(4)9-8-13-16(2,3)14(22)12(19-6)10-18(13,5)15(17)20-21(11)7/h9,11,13H,7-8,10H2,1-4,6H3;9-12,15H,7-8H2,1-2,4-6H3;10,13H,1,8-9H2,2-5,7H3/q;+1;/t11-,13-,21-;12-,15-,20-;13-,17?,18-/m000/s1. The molecule has 6 aliphatic carbocycles. The Morgan fingerprint density at radius 3 is 1.72 bits per heavy atom. The predicted molar refractivity (Wildman–Crippen MR) is 286 cm³/mol. The number of allylic oxidation sites excluding steroid dienone is 7. The van der Waals surface area contributed by atoms with Crippen LogP contribution < -0.4 is 9.58 Å². The normalized spacial score (nSPS) is 32.4. The van der Waals surface area contributed by atoms with Gasteiger partial charge in [-0.15, -0.1) is 4.68 Å². The van der Waals surface area contributed by atoms with Gasteiger partial charge in [0.25, 0.3) is 0 Å². The van der Waals surface area contributed by atoms with Crippen LogP contribution in [0.15, 0.2) is 65.1 Å². The number of anilines is 1. The molecule has 9 atom stereocenters. The molecular formula is C59H71N12O5+. The minimum atomic E-state index is -0.724. The van der Waals surface area contributed by atoms with Gasteiger partial charge in [-0.3, -0.25) is 24.0 Å². The molecule has 1 saturated heterocycles. The Morgan fingerprint density at radius 1 is 0.711 bits per heavy atom. The van der Waals surface area contributed by atoms with E-state index in [1.165, 1.54) is 10.5 Å². The van der Waals surface area contributed by atoms with Crippen molar-refractivity contribution in [2.24, 2.45) is 84.5 Å². The Morgan fingerprint density at radius 2 is 1.22 bits per heavy atom. The largest absolute Gasteiger partial charge is 0.308 e. The molecule has 0 spiro atoms. The van der Waals surface area contributed by atoms with Crippen LogP contribution in [0.25, 0.3) is 25.8 Å². The maximum absolute atomic E-state index is 12.9. The lowest BCUT2D eigenvalue weighted by Crippen LogP contribution is -2.56. The average molecular weight is 1030 g/mol. The topological polar surface area (TPSA) is 162 Å². The van der Waals surface area contributed by atoms with Crippen molar-refractivity contribution in [1.29, 1.82) is 0 Å². The van der Waals surface area contributed by atoms with Crippen molar-refractivity contribution in [2.45, 2.75) is 125 Å². The summed E-state index contributed by atoms with van der Waals surface area (Å²) >= 11 is 0. The van der Waals surface area contributed by atoms with Crippen LogP contribution in [0.5, 0.6) is 0 Å². The van der Waals surface area contributed by atoms with E-state index in [1.807, 2.05) is 94.0 Å². The van der Waals surface area contributed by atoms with E-state index < -0.39 is 16.2 Å². The first-order valence-electron chi connectivity index (χ1n) is 26.4. The number of aromatic nitrogens is 6. The van der Waals surface area contributed by atoms with Crippen LogP contribution in [0.3, 0.4) is 0 Å². The Kier molecular flexibility index (Phi) is 12.4. The lowest BCUT2D eigenvalue weighted by molar-refractivity contribution is -0.751. The first-order valence-corrected chi connectivity index (χ1v) is 26.4. The minimum Gasteiger partial charge on any atom is -0.308 e. The average Bonchev–Trinajstić information content (AvgIpc) is 4.22. The molecule has 17 nitrogen and oxygen atoms in total. The molecule has 1 saturated carbocycles. The van der Waals surface area contributed by atoms with Gasteiger partial charge < -0.3 is 14.4 Å². The molecule has 76 heavy (non-hydrogen) atoms. The summed E-state index contributed by atoms with van der Waals surface area (Å²) in [5.41, 5.74) is 6.23. The van der Waals surface area contributed by atoms with Crippen LogP contribution in [0.4, 0.5) is 5.82 Å². The third-order valence-electron chi connectivity index (χ3n) is 19.4. The summed E-state index contributed by atoms with van der Waals surface area (Å²) in [6.45, 7) is 46.3. The van der Waals surface area contributed by atoms with Crippen molar-refractivity contribution in [1.82, 2.24) is 29.3 Å². The van der Waals surface area contributed by atoms with E-state index >= 15 is 0 Å². The van der Waals surface area contributed by atoms with Gasteiger partial charge in [0.1, 0.15) is 5.82 Å². The lowest BCUT2D eigenvalue weighted by Gasteiger charge is -2.54. The van der Waals surface area contributed by atoms with E-state index in [1.54, 1.807) is 31.7 Å². The van der Waals surface area contributed by atoms with Crippen LogP contribution in [-0.4, -0.2) is 71.2 Å². The number of aryl methyl sites for hydroxylation is 4. The third-order valence-corrected chi connectivity index (χ3v) is 19.4. The second kappa shape index (κ2) is 17.6. The molecule has 3 aromatic rings. The predicted octanol–water partition coefficient (Wildman–Crippen LogP) is 8.28. The van der Waals surface area contributed by atoms with Gasteiger partial charge in [-0.2, -0.15) is 20.0 Å². The summed E-state index contributed by atoms with van der Waals surface area (Å²) < 4.78 is 7.66. The van der Waals surface area contributed by atoms with Gasteiger partial charge in [0, 0.05) is 83.3 Å². The monoisotopic (exact) mass is 1030 g/mol. The lowest BCUT2D eigenvalue weighted by atomic mass is 9.48. The van der Waals surface area contributed by atoms with E-state index in [0.717, 1.165) is 71.7 Å². The summed E-state index contributed by atoms with van der Waals surface area (Å²) in [5.74, 6) is -0.0153. The molecule has 3 aromatic heterocycles. The number of carbonyl (C=O) groups excluding carboxylic acids is 5. The molecule has 0 aromatic carbocycles. The molecule has 2 amide bonds. The van der Waals surface area contributed by atoms with Gasteiger partial charge in [-0.05, 0) is 63.2 Å². The van der Waals surface area contributed by atoms with Crippen molar-refractivity contribution in [3.05, 3.63) is 117 Å². The van der Waals surface area contributed by atoms with Gasteiger partial charge >= 0.3 is 0 Å². The number of nitrogens with zero attached hydrogens (tertiary/aromatic N) is 12. The molecule has 17 heteroatoms. The molecule has 8 aliphatic rings. The van der Waals surface area contributed by atoms with E-state index in [4.69, 9.17) is 35.0 Å². The molecular weight excluding hydrogens is 957 g/mol. The van der Waals surface area contributed by atoms with Gasteiger partial charge in [-0.25, -0.2) is 19.4 Å². The Balaban J connectivity index is 0.000000140. The van der Waals surface area contributed by atoms with Crippen molar-refractivity contribution < 1.29 is 28.7 Å². The molecule has 396 valence electrons. The fourth-order valence-electron chi connectivity index (χ4n) is 15.0. The summed E-state index contributed by atoms with van der Waals surface area (Å²) in [6.07, 6.45) is 15.1. The van der Waals surface area contributed by atoms with Gasteiger partial charge in [0.15, 0.2) is 24.4 Å². The first-order chi connectivity index (χ1) is 35.4. The maximum Gasteiger partial charge on any atom is 0.241 e. The fourth-order valence-corrected chi connectivity index (χ4v) is 15.0. The van der Waals surface area contributed by atoms with Gasteiger partial charge in [-0.1, -0.05) is 87.1 Å². The summed E-state index contributed by atoms with van der Waals surface area (Å²) in [6, 6.07) is 0. The number of ketones is 3. The Bertz CT molecular complexity index is 3390. The van der Waals surface area contributed by atoms with E-state index in [0.29, 0.717) is 12.2 Å². The number of hydrogen-bond acceptors (Lipinski definition) is 9. The van der Waals surface area contributed by atoms with Gasteiger partial charge in [0.05, 0.1) is 66.7 Å². The number of rotatable bonds is 2. The van der Waals surface area contributed by atoms with Crippen molar-refractivity contribution in [3.63, 3.8) is 0 Å². The maximum atomic E-state index is 12.9. The van der Waals surface area contributed by atoms with E-state index in [2.05, 4.69) is 54.3 Å². The van der Waals surface area contributed by atoms with Crippen molar-refractivity contribution >= 4 is 40.7 Å². The second-order valence-electron chi connectivity index (χ2n) is 24.8. The summed E-state index contributed by atoms with van der Waals surface area (Å²) in [4.78, 5) is 74.9. The number of imide groups is 1. The number of hydrazone groups is 1. The summed E-state index contributed by atoms with van der Waals surface area (Å²) in [5, 5.41) is 16.2. The Labute approximate surface area is 446 Å². The van der Waals surface area contributed by atoms with Crippen LogP contribution in [-0.2, 0) is 75.8 Å². The van der Waals surface area contributed by atoms with Crippen LogP contribution >= 0.6 is 0 Å². The van der Waals surface area contributed by atoms with Crippen molar-refractivity contribution in [2.75, 3.05) is 11.9 Å². The SMILES string of the molecule is [C-]#[N+]C1=C[C@]2(C)C3=NN(C)C(=C)C3(C)CC[C@H]2C(C)(C)C1=O.[C-]#[N+]C1=C[C@]2(C)c3nn(C)c(-c4cn(C)[n+](C)c4)c3CC[C@H]2[C@H](C)C1=O.[C-]#[N+]C1=C[C@]2(C)c3nn(C)c(N4C(=O)CC(C)(C)C4=O)c3CC[C@H]2[C@H](C)C1=O. The minimum absolute atomic E-state index is 0.0165. The second-order valence-corrected chi connectivity index (χ2v) is 24.8. The third kappa shape index (κ3) is 7.44. The zero-order chi connectivity index (χ0) is 55.9. The highest BCUT2D eigenvalue weighted by Crippen LogP contribution is 2.62. The fraction of sp³-hybridized carbons (Fsp3) is 0.559. The molecule has 2 fully saturated rings. The zero-order valence-electron chi connectivity index (χ0n) is 46.8. The van der Waals surface area contributed by atoms with Crippen LogP contribution in [0, 0.1) is 71.0 Å². The zero-order valence-corrected chi connectivity index (χ0v) is 46.8. The number of carbonyl (C=O) groups is 5. The highest BCUT2D eigenvalue weighted by atomic mass is 16.2. The number of hydrogen-bond donors (Lipinski definition) is 0. The molecule has 1 unspecified atom stereocenters. The quantitative estimate of drug-likeness (QED) is 0.141. The number of fused-ring (bicyclic) bond motifs is 9. The van der Waals surface area contributed by atoms with E-state index in [9.17, 15) is 24.0 Å². The first kappa shape index (κ1) is 53.5. The molecule has 2 aliphatic heterocycles. The Hall–Kier alpha value is -7.32. The van der Waals surface area contributed by atoms with Gasteiger partial charge in [0.2, 0.25) is 35.1 Å². The van der Waals surface area contributed by atoms with Crippen LogP contribution in [0.2, 0.25) is 0 Å².